The van der Waals surface area contributed by atoms with Gasteiger partial charge in [0, 0.05) is 20.1 Å². The third-order valence-electron chi connectivity index (χ3n) is 3.31. The maximum atomic E-state index is 12.8. The molecule has 1 aromatic carbocycles. The van der Waals surface area contributed by atoms with Gasteiger partial charge in [-0.2, -0.15) is 13.2 Å². The third-order valence-corrected chi connectivity index (χ3v) is 3.31. The van der Waals surface area contributed by atoms with Gasteiger partial charge in [-0.3, -0.25) is 4.79 Å². The van der Waals surface area contributed by atoms with Crippen LogP contribution in [0.5, 0.6) is 0 Å². The molecule has 2 N–H and O–H groups in total. The third kappa shape index (κ3) is 5.80. The van der Waals surface area contributed by atoms with Gasteiger partial charge in [0.2, 0.25) is 0 Å². The van der Waals surface area contributed by atoms with Gasteiger partial charge in [0.25, 0.3) is 0 Å². The number of carboxylic acids is 1. The lowest BCUT2D eigenvalue weighted by Crippen LogP contribution is -2.41. The molecule has 0 spiro atoms. The van der Waals surface area contributed by atoms with E-state index in [9.17, 15) is 22.8 Å². The SMILES string of the molecule is CC(CN(C)C(=O)NCCc1ccccc1C(F)(F)F)C(=O)O. The number of rotatable bonds is 6. The predicted octanol–water partition coefficient (Wildman–Crippen LogP) is 2.61. The van der Waals surface area contributed by atoms with Crippen molar-refractivity contribution >= 4 is 12.0 Å². The molecule has 0 aliphatic heterocycles. The van der Waals surface area contributed by atoms with E-state index >= 15 is 0 Å². The lowest BCUT2D eigenvalue weighted by Gasteiger charge is -2.20. The van der Waals surface area contributed by atoms with E-state index in [4.69, 9.17) is 5.11 Å². The largest absolute Gasteiger partial charge is 0.481 e. The van der Waals surface area contributed by atoms with Crippen LogP contribution in [0.3, 0.4) is 0 Å². The van der Waals surface area contributed by atoms with Crippen LogP contribution in [-0.2, 0) is 17.4 Å². The smallest absolute Gasteiger partial charge is 0.416 e. The number of carbonyl (C=O) groups excluding carboxylic acids is 1. The first-order valence-corrected chi connectivity index (χ1v) is 6.99. The molecule has 1 atom stereocenters. The molecule has 0 bridgehead atoms. The van der Waals surface area contributed by atoms with Crippen molar-refractivity contribution in [2.45, 2.75) is 19.5 Å². The molecule has 2 amide bonds. The van der Waals surface area contributed by atoms with Crippen molar-refractivity contribution in [3.05, 3.63) is 35.4 Å². The van der Waals surface area contributed by atoms with E-state index in [0.29, 0.717) is 0 Å². The van der Waals surface area contributed by atoms with Gasteiger partial charge in [0.1, 0.15) is 0 Å². The Balaban J connectivity index is 2.55. The quantitative estimate of drug-likeness (QED) is 0.841. The van der Waals surface area contributed by atoms with Gasteiger partial charge in [-0.05, 0) is 18.1 Å². The predicted molar refractivity (Wildman–Crippen MR) is 78.0 cm³/mol. The van der Waals surface area contributed by atoms with Crippen molar-refractivity contribution in [2.24, 2.45) is 5.92 Å². The minimum absolute atomic E-state index is 0.0142. The molecule has 0 fully saturated rings. The molecular formula is C15H19F3N2O3. The molecule has 0 radical (unpaired) electrons. The number of hydrogen-bond acceptors (Lipinski definition) is 2. The van der Waals surface area contributed by atoms with Gasteiger partial charge < -0.3 is 15.3 Å². The number of amides is 2. The number of nitrogens with zero attached hydrogens (tertiary/aromatic N) is 1. The fraction of sp³-hybridized carbons (Fsp3) is 0.467. The van der Waals surface area contributed by atoms with Gasteiger partial charge >= 0.3 is 18.2 Å². The van der Waals surface area contributed by atoms with Crippen molar-refractivity contribution in [1.82, 2.24) is 10.2 Å². The fourth-order valence-corrected chi connectivity index (χ4v) is 2.03. The van der Waals surface area contributed by atoms with Crippen LogP contribution in [0.4, 0.5) is 18.0 Å². The molecule has 0 saturated heterocycles. The summed E-state index contributed by atoms with van der Waals surface area (Å²) in [5.74, 6) is -1.75. The zero-order valence-corrected chi connectivity index (χ0v) is 12.9. The summed E-state index contributed by atoms with van der Waals surface area (Å²) in [6, 6.07) is 4.66. The Morgan fingerprint density at radius 1 is 1.30 bits per heavy atom. The van der Waals surface area contributed by atoms with E-state index < -0.39 is 29.7 Å². The highest BCUT2D eigenvalue weighted by molar-refractivity contribution is 5.75. The van der Waals surface area contributed by atoms with Crippen LogP contribution in [0.1, 0.15) is 18.1 Å². The summed E-state index contributed by atoms with van der Waals surface area (Å²) < 4.78 is 38.5. The molecule has 1 rings (SSSR count). The molecule has 0 aliphatic carbocycles. The van der Waals surface area contributed by atoms with Crippen LogP contribution in [0.25, 0.3) is 0 Å². The second kappa shape index (κ2) is 7.85. The highest BCUT2D eigenvalue weighted by Gasteiger charge is 2.32. The molecule has 23 heavy (non-hydrogen) atoms. The number of alkyl halides is 3. The maximum absolute atomic E-state index is 12.8. The average molecular weight is 332 g/mol. The Hall–Kier alpha value is -2.25. The Bertz CT molecular complexity index is 561. The Kier molecular flexibility index (Phi) is 6.41. The van der Waals surface area contributed by atoms with Crippen LogP contribution in [0, 0.1) is 5.92 Å². The average Bonchev–Trinajstić information content (AvgIpc) is 2.46. The molecule has 5 nitrogen and oxygen atoms in total. The number of urea groups is 1. The second-order valence-corrected chi connectivity index (χ2v) is 5.26. The summed E-state index contributed by atoms with van der Waals surface area (Å²) >= 11 is 0. The zero-order valence-electron chi connectivity index (χ0n) is 12.9. The van der Waals surface area contributed by atoms with Gasteiger partial charge in [-0.15, -0.1) is 0 Å². The molecule has 8 heteroatoms. The monoisotopic (exact) mass is 332 g/mol. The van der Waals surface area contributed by atoms with E-state index in [2.05, 4.69) is 5.32 Å². The molecule has 0 heterocycles. The van der Waals surface area contributed by atoms with Gasteiger partial charge in [-0.25, -0.2) is 4.79 Å². The normalized spacial score (nSPS) is 12.6. The second-order valence-electron chi connectivity index (χ2n) is 5.26. The molecule has 0 aromatic heterocycles. The van der Waals surface area contributed by atoms with E-state index in [-0.39, 0.29) is 25.1 Å². The minimum atomic E-state index is -4.44. The maximum Gasteiger partial charge on any atom is 0.416 e. The van der Waals surface area contributed by atoms with E-state index in [1.54, 1.807) is 0 Å². The first-order valence-electron chi connectivity index (χ1n) is 6.99. The summed E-state index contributed by atoms with van der Waals surface area (Å²) in [5.41, 5.74) is -0.621. The highest BCUT2D eigenvalue weighted by Crippen LogP contribution is 2.31. The number of carbonyl (C=O) groups is 2. The standard InChI is InChI=1S/C15H19F3N2O3/c1-10(13(21)22)9-20(2)14(23)19-8-7-11-5-3-4-6-12(11)15(16,17)18/h3-6,10H,7-9H2,1-2H3,(H,19,23)(H,21,22). The van der Waals surface area contributed by atoms with E-state index in [0.717, 1.165) is 6.07 Å². The summed E-state index contributed by atoms with van der Waals surface area (Å²) in [5, 5.41) is 11.3. The highest BCUT2D eigenvalue weighted by atomic mass is 19.4. The molecule has 0 saturated carbocycles. The van der Waals surface area contributed by atoms with Crippen molar-refractivity contribution in [3.63, 3.8) is 0 Å². The lowest BCUT2D eigenvalue weighted by molar-refractivity contribution is -0.141. The summed E-state index contributed by atoms with van der Waals surface area (Å²) in [6.07, 6.45) is -4.40. The Morgan fingerprint density at radius 2 is 1.91 bits per heavy atom. The van der Waals surface area contributed by atoms with E-state index in [1.807, 2.05) is 0 Å². The van der Waals surface area contributed by atoms with Crippen LogP contribution < -0.4 is 5.32 Å². The number of halogens is 3. The van der Waals surface area contributed by atoms with Crippen molar-refractivity contribution < 1.29 is 27.9 Å². The molecule has 1 unspecified atom stereocenters. The fourth-order valence-electron chi connectivity index (χ4n) is 2.03. The van der Waals surface area contributed by atoms with E-state index in [1.165, 1.54) is 37.1 Å². The first-order chi connectivity index (χ1) is 10.6. The van der Waals surface area contributed by atoms with Crippen LogP contribution in [0.15, 0.2) is 24.3 Å². The Labute approximate surface area is 132 Å². The van der Waals surface area contributed by atoms with Crippen molar-refractivity contribution in [2.75, 3.05) is 20.1 Å². The summed E-state index contributed by atoms with van der Waals surface area (Å²) in [4.78, 5) is 23.7. The van der Waals surface area contributed by atoms with Crippen LogP contribution in [-0.4, -0.2) is 42.1 Å². The molecule has 128 valence electrons. The summed E-state index contributed by atoms with van der Waals surface area (Å²) in [7, 11) is 1.43. The number of nitrogens with one attached hydrogen (secondary N) is 1. The molecular weight excluding hydrogens is 313 g/mol. The van der Waals surface area contributed by atoms with Gasteiger partial charge in [0.05, 0.1) is 11.5 Å². The zero-order chi connectivity index (χ0) is 17.6. The van der Waals surface area contributed by atoms with Crippen molar-refractivity contribution in [3.8, 4) is 0 Å². The van der Waals surface area contributed by atoms with Crippen LogP contribution >= 0.6 is 0 Å². The van der Waals surface area contributed by atoms with Gasteiger partial charge in [0.15, 0.2) is 0 Å². The number of benzene rings is 1. The van der Waals surface area contributed by atoms with Crippen molar-refractivity contribution in [1.29, 1.82) is 0 Å². The number of carboxylic acid groups (broad SMARTS) is 1. The first kappa shape index (κ1) is 18.8. The molecule has 0 aliphatic rings. The number of aliphatic carboxylic acids is 1. The molecule has 1 aromatic rings. The van der Waals surface area contributed by atoms with Gasteiger partial charge in [-0.1, -0.05) is 25.1 Å². The Morgan fingerprint density at radius 3 is 2.48 bits per heavy atom. The number of hydrogen-bond donors (Lipinski definition) is 2. The minimum Gasteiger partial charge on any atom is -0.481 e. The van der Waals surface area contributed by atoms with Crippen LogP contribution in [0.2, 0.25) is 0 Å². The lowest BCUT2D eigenvalue weighted by atomic mass is 10.0. The summed E-state index contributed by atoms with van der Waals surface area (Å²) in [6.45, 7) is 1.50. The topological polar surface area (TPSA) is 69.6 Å².